The Hall–Kier alpha value is -3.48. The molecule has 2 unspecified atom stereocenters. The van der Waals surface area contributed by atoms with Gasteiger partial charge in [0.05, 0.1) is 5.92 Å². The molecule has 7 nitrogen and oxygen atoms in total. The van der Waals surface area contributed by atoms with Crippen LogP contribution in [0, 0.1) is 5.92 Å². The zero-order chi connectivity index (χ0) is 20.4. The first-order valence-electron chi connectivity index (χ1n) is 9.57. The fraction of sp³-hybridized carbons (Fsp3) is 0.273. The topological polar surface area (TPSA) is 88.3 Å². The summed E-state index contributed by atoms with van der Waals surface area (Å²) in [6.45, 7) is 4.64. The number of nitrogens with zero attached hydrogens (tertiary/aromatic N) is 3. The number of hydrogen-bond acceptors (Lipinski definition) is 5. The van der Waals surface area contributed by atoms with E-state index in [4.69, 9.17) is 4.52 Å². The molecule has 4 rings (SSSR count). The summed E-state index contributed by atoms with van der Waals surface area (Å²) in [6, 6.07) is 16.6. The van der Waals surface area contributed by atoms with Gasteiger partial charge in [-0.05, 0) is 24.1 Å². The minimum Gasteiger partial charge on any atom is -0.339 e. The predicted octanol–water partition coefficient (Wildman–Crippen LogP) is 3.57. The van der Waals surface area contributed by atoms with Crippen molar-refractivity contribution in [1.29, 1.82) is 0 Å². The van der Waals surface area contributed by atoms with E-state index < -0.39 is 0 Å². The number of aromatic nitrogens is 2. The van der Waals surface area contributed by atoms with Crippen molar-refractivity contribution in [2.45, 2.75) is 19.8 Å². The molecule has 7 heteroatoms. The Labute approximate surface area is 168 Å². The van der Waals surface area contributed by atoms with Crippen molar-refractivity contribution in [3.05, 3.63) is 66.1 Å². The SMILES string of the molecule is CC(=O)Nc1cccc(C(=O)N2CC(C)C(c3nc(-c4ccccc4)no3)C2)c1. The molecule has 0 spiro atoms. The molecule has 1 saturated heterocycles. The van der Waals surface area contributed by atoms with Crippen LogP contribution in [0.4, 0.5) is 5.69 Å². The number of anilines is 1. The molecule has 2 atom stereocenters. The Kier molecular flexibility index (Phi) is 5.12. The molecule has 0 radical (unpaired) electrons. The van der Waals surface area contributed by atoms with Crippen LogP contribution in [0.25, 0.3) is 11.4 Å². The van der Waals surface area contributed by atoms with E-state index in [-0.39, 0.29) is 23.7 Å². The molecule has 2 heterocycles. The Morgan fingerprint density at radius 2 is 1.90 bits per heavy atom. The summed E-state index contributed by atoms with van der Waals surface area (Å²) in [6.07, 6.45) is 0. The predicted molar refractivity (Wildman–Crippen MR) is 108 cm³/mol. The smallest absolute Gasteiger partial charge is 0.253 e. The second kappa shape index (κ2) is 7.87. The molecule has 0 aliphatic carbocycles. The van der Waals surface area contributed by atoms with Gasteiger partial charge < -0.3 is 14.7 Å². The third-order valence-electron chi connectivity index (χ3n) is 5.12. The van der Waals surface area contributed by atoms with E-state index in [0.717, 1.165) is 5.56 Å². The minimum absolute atomic E-state index is 0.0116. The molecule has 0 bridgehead atoms. The van der Waals surface area contributed by atoms with E-state index in [2.05, 4.69) is 22.4 Å². The standard InChI is InChI=1S/C22H22N4O3/c1-14-12-26(22(28)17-9-6-10-18(11-17)23-15(2)27)13-19(14)21-24-20(25-29-21)16-7-4-3-5-8-16/h3-11,14,19H,12-13H2,1-2H3,(H,23,27). The molecule has 1 fully saturated rings. The van der Waals surface area contributed by atoms with Gasteiger partial charge in [0.1, 0.15) is 0 Å². The van der Waals surface area contributed by atoms with Crippen LogP contribution in [0.1, 0.15) is 36.0 Å². The molecule has 29 heavy (non-hydrogen) atoms. The van der Waals surface area contributed by atoms with E-state index in [9.17, 15) is 9.59 Å². The van der Waals surface area contributed by atoms with Gasteiger partial charge in [0.15, 0.2) is 0 Å². The van der Waals surface area contributed by atoms with Crippen molar-refractivity contribution in [2.24, 2.45) is 5.92 Å². The third-order valence-corrected chi connectivity index (χ3v) is 5.12. The lowest BCUT2D eigenvalue weighted by atomic mass is 9.98. The first kappa shape index (κ1) is 18.9. The van der Waals surface area contributed by atoms with Crippen molar-refractivity contribution in [3.63, 3.8) is 0 Å². The Balaban J connectivity index is 1.49. The van der Waals surface area contributed by atoms with Crippen molar-refractivity contribution in [1.82, 2.24) is 15.0 Å². The van der Waals surface area contributed by atoms with Gasteiger partial charge >= 0.3 is 0 Å². The van der Waals surface area contributed by atoms with E-state index >= 15 is 0 Å². The van der Waals surface area contributed by atoms with Gasteiger partial charge in [0.2, 0.25) is 17.6 Å². The first-order chi connectivity index (χ1) is 14.0. The number of carbonyl (C=O) groups is 2. The van der Waals surface area contributed by atoms with Crippen molar-refractivity contribution >= 4 is 17.5 Å². The zero-order valence-electron chi connectivity index (χ0n) is 16.3. The summed E-state index contributed by atoms with van der Waals surface area (Å²) in [5.74, 6) is 1.05. The molecule has 2 aromatic carbocycles. The number of nitrogens with one attached hydrogen (secondary N) is 1. The Morgan fingerprint density at radius 1 is 1.10 bits per heavy atom. The van der Waals surface area contributed by atoms with E-state index in [1.54, 1.807) is 29.2 Å². The lowest BCUT2D eigenvalue weighted by Crippen LogP contribution is -2.29. The van der Waals surface area contributed by atoms with Gasteiger partial charge in [-0.1, -0.05) is 48.5 Å². The van der Waals surface area contributed by atoms with Gasteiger partial charge in [0, 0.05) is 36.8 Å². The highest BCUT2D eigenvalue weighted by molar-refractivity contribution is 5.97. The van der Waals surface area contributed by atoms with Crippen LogP contribution in [-0.4, -0.2) is 39.9 Å². The van der Waals surface area contributed by atoms with Gasteiger partial charge in [0.25, 0.3) is 5.91 Å². The van der Waals surface area contributed by atoms with E-state index in [1.165, 1.54) is 6.92 Å². The van der Waals surface area contributed by atoms with Crippen LogP contribution in [0.15, 0.2) is 59.1 Å². The summed E-state index contributed by atoms with van der Waals surface area (Å²) < 4.78 is 5.52. The normalized spacial score (nSPS) is 18.6. The van der Waals surface area contributed by atoms with Crippen LogP contribution in [0.5, 0.6) is 0 Å². The highest BCUT2D eigenvalue weighted by atomic mass is 16.5. The highest BCUT2D eigenvalue weighted by Gasteiger charge is 2.37. The van der Waals surface area contributed by atoms with E-state index in [1.807, 2.05) is 30.3 Å². The molecule has 1 N–H and O–H groups in total. The van der Waals surface area contributed by atoms with Gasteiger partial charge in [-0.15, -0.1) is 0 Å². The van der Waals surface area contributed by atoms with Gasteiger partial charge in [-0.25, -0.2) is 0 Å². The second-order valence-electron chi connectivity index (χ2n) is 7.38. The molecule has 1 aromatic heterocycles. The maximum Gasteiger partial charge on any atom is 0.253 e. The summed E-state index contributed by atoms with van der Waals surface area (Å²) in [5.41, 5.74) is 2.05. The second-order valence-corrected chi connectivity index (χ2v) is 7.38. The number of rotatable bonds is 4. The van der Waals surface area contributed by atoms with Crippen LogP contribution in [0.3, 0.4) is 0 Å². The monoisotopic (exact) mass is 390 g/mol. The first-order valence-corrected chi connectivity index (χ1v) is 9.57. The molecular weight excluding hydrogens is 368 g/mol. The number of amides is 2. The largest absolute Gasteiger partial charge is 0.339 e. The number of hydrogen-bond donors (Lipinski definition) is 1. The zero-order valence-corrected chi connectivity index (χ0v) is 16.3. The Bertz CT molecular complexity index is 1030. The maximum atomic E-state index is 13.0. The summed E-state index contributed by atoms with van der Waals surface area (Å²) >= 11 is 0. The molecule has 1 aliphatic heterocycles. The lowest BCUT2D eigenvalue weighted by Gasteiger charge is -2.16. The van der Waals surface area contributed by atoms with Crippen molar-refractivity contribution in [2.75, 3.05) is 18.4 Å². The van der Waals surface area contributed by atoms with Crippen LogP contribution in [-0.2, 0) is 4.79 Å². The highest BCUT2D eigenvalue weighted by Crippen LogP contribution is 2.33. The summed E-state index contributed by atoms with van der Waals surface area (Å²) in [5, 5.41) is 6.81. The quantitative estimate of drug-likeness (QED) is 0.736. The molecular formula is C22H22N4O3. The average Bonchev–Trinajstić information content (AvgIpc) is 3.34. The average molecular weight is 390 g/mol. The number of likely N-dealkylation sites (tertiary alicyclic amines) is 1. The molecule has 3 aromatic rings. The molecule has 0 saturated carbocycles. The van der Waals surface area contributed by atoms with Crippen LogP contribution < -0.4 is 5.32 Å². The molecule has 148 valence electrons. The number of carbonyl (C=O) groups excluding carboxylic acids is 2. The summed E-state index contributed by atoms with van der Waals surface area (Å²) in [4.78, 5) is 30.6. The molecule has 2 amide bonds. The third kappa shape index (κ3) is 4.03. The fourth-order valence-corrected chi connectivity index (χ4v) is 3.66. The van der Waals surface area contributed by atoms with Crippen LogP contribution >= 0.6 is 0 Å². The van der Waals surface area contributed by atoms with E-state index in [0.29, 0.717) is 36.1 Å². The molecule has 1 aliphatic rings. The van der Waals surface area contributed by atoms with Crippen molar-refractivity contribution < 1.29 is 14.1 Å². The summed E-state index contributed by atoms with van der Waals surface area (Å²) in [7, 11) is 0. The maximum absolute atomic E-state index is 13.0. The minimum atomic E-state index is -0.171. The van der Waals surface area contributed by atoms with Crippen LogP contribution in [0.2, 0.25) is 0 Å². The van der Waals surface area contributed by atoms with Gasteiger partial charge in [-0.3, -0.25) is 9.59 Å². The lowest BCUT2D eigenvalue weighted by molar-refractivity contribution is -0.114. The fourth-order valence-electron chi connectivity index (χ4n) is 3.66. The van der Waals surface area contributed by atoms with Crippen molar-refractivity contribution in [3.8, 4) is 11.4 Å². The number of benzene rings is 2. The van der Waals surface area contributed by atoms with Gasteiger partial charge in [-0.2, -0.15) is 4.98 Å². The Morgan fingerprint density at radius 3 is 2.66 bits per heavy atom.